The molecule has 1 nitrogen and oxygen atoms in total. The lowest BCUT2D eigenvalue weighted by Crippen LogP contribution is -2.13. The summed E-state index contributed by atoms with van der Waals surface area (Å²) in [5, 5.41) is 10.3. The predicted molar refractivity (Wildman–Crippen MR) is 75.0 cm³/mol. The first kappa shape index (κ1) is 14.1. The molecule has 1 aromatic carbocycles. The molecule has 0 fully saturated rings. The number of benzene rings is 1. The van der Waals surface area contributed by atoms with Gasteiger partial charge in [0.05, 0.1) is 0 Å². The molecule has 1 heteroatoms. The van der Waals surface area contributed by atoms with Crippen molar-refractivity contribution in [2.24, 2.45) is 0 Å². The van der Waals surface area contributed by atoms with Crippen LogP contribution in [-0.4, -0.2) is 5.11 Å². The van der Waals surface area contributed by atoms with Gasteiger partial charge in [-0.3, -0.25) is 0 Å². The van der Waals surface area contributed by atoms with E-state index >= 15 is 0 Å². The summed E-state index contributed by atoms with van der Waals surface area (Å²) in [4.78, 5) is 0. The number of hydrogen-bond acceptors (Lipinski definition) is 1. The van der Waals surface area contributed by atoms with Gasteiger partial charge < -0.3 is 5.11 Å². The molecule has 1 aromatic rings. The standard InChI is InChI=1S/C16H26O/c1-10(2)13-8-12(16(5,6)7)9-14(11(3)4)15(13)17/h8-11,17H,1-7H3. The van der Waals surface area contributed by atoms with E-state index in [2.05, 4.69) is 60.6 Å². The minimum Gasteiger partial charge on any atom is -0.507 e. The Morgan fingerprint density at radius 3 is 1.47 bits per heavy atom. The summed E-state index contributed by atoms with van der Waals surface area (Å²) < 4.78 is 0. The molecule has 0 aliphatic heterocycles. The van der Waals surface area contributed by atoms with Crippen molar-refractivity contribution in [1.82, 2.24) is 0 Å². The van der Waals surface area contributed by atoms with Crippen molar-refractivity contribution in [3.05, 3.63) is 28.8 Å². The Bertz CT molecular complexity index is 365. The van der Waals surface area contributed by atoms with E-state index in [-0.39, 0.29) is 5.41 Å². The van der Waals surface area contributed by atoms with Crippen LogP contribution in [0.3, 0.4) is 0 Å². The zero-order chi connectivity index (χ0) is 13.4. The molecule has 96 valence electrons. The lowest BCUT2D eigenvalue weighted by molar-refractivity contribution is 0.452. The Hall–Kier alpha value is -0.980. The maximum absolute atomic E-state index is 10.3. The van der Waals surface area contributed by atoms with Gasteiger partial charge >= 0.3 is 0 Å². The molecule has 0 aromatic heterocycles. The summed E-state index contributed by atoms with van der Waals surface area (Å²) in [7, 11) is 0. The Labute approximate surface area is 106 Å². The Morgan fingerprint density at radius 2 is 1.24 bits per heavy atom. The number of rotatable bonds is 2. The van der Waals surface area contributed by atoms with Crippen LogP contribution in [0.5, 0.6) is 5.75 Å². The summed E-state index contributed by atoms with van der Waals surface area (Å²) in [6.07, 6.45) is 0. The first-order valence-electron chi connectivity index (χ1n) is 6.52. The molecule has 0 aliphatic carbocycles. The van der Waals surface area contributed by atoms with E-state index in [0.29, 0.717) is 17.6 Å². The van der Waals surface area contributed by atoms with Crippen LogP contribution < -0.4 is 0 Å². The van der Waals surface area contributed by atoms with Crippen LogP contribution in [0.15, 0.2) is 12.1 Å². The minimum absolute atomic E-state index is 0.126. The van der Waals surface area contributed by atoms with Gasteiger partial charge in [-0.25, -0.2) is 0 Å². The summed E-state index contributed by atoms with van der Waals surface area (Å²) >= 11 is 0. The first-order chi connectivity index (χ1) is 7.64. The fourth-order valence-electron chi connectivity index (χ4n) is 1.99. The largest absolute Gasteiger partial charge is 0.507 e. The lowest BCUT2D eigenvalue weighted by atomic mass is 9.81. The third kappa shape index (κ3) is 3.02. The first-order valence-corrected chi connectivity index (χ1v) is 6.52. The van der Waals surface area contributed by atoms with Crippen molar-refractivity contribution in [2.45, 2.75) is 65.7 Å². The van der Waals surface area contributed by atoms with Crippen LogP contribution >= 0.6 is 0 Å². The molecule has 0 spiro atoms. The van der Waals surface area contributed by atoms with Gasteiger partial charge in [-0.2, -0.15) is 0 Å². The second-order valence-electron chi connectivity index (χ2n) is 6.56. The van der Waals surface area contributed by atoms with E-state index in [1.165, 1.54) is 5.56 Å². The quantitative estimate of drug-likeness (QED) is 0.768. The van der Waals surface area contributed by atoms with E-state index in [1.54, 1.807) is 0 Å². The van der Waals surface area contributed by atoms with Crippen molar-refractivity contribution in [3.63, 3.8) is 0 Å². The third-order valence-electron chi connectivity index (χ3n) is 3.28. The minimum atomic E-state index is 0.126. The van der Waals surface area contributed by atoms with Crippen LogP contribution in [0.25, 0.3) is 0 Å². The molecule has 0 radical (unpaired) electrons. The van der Waals surface area contributed by atoms with Gasteiger partial charge in [0.15, 0.2) is 0 Å². The number of phenols is 1. The number of hydrogen-bond donors (Lipinski definition) is 1. The lowest BCUT2D eigenvalue weighted by Gasteiger charge is -2.24. The monoisotopic (exact) mass is 234 g/mol. The second-order valence-corrected chi connectivity index (χ2v) is 6.56. The van der Waals surface area contributed by atoms with Crippen LogP contribution in [0, 0.1) is 0 Å². The number of phenolic OH excluding ortho intramolecular Hbond substituents is 1. The zero-order valence-corrected chi connectivity index (χ0v) is 12.3. The Morgan fingerprint density at radius 1 is 0.882 bits per heavy atom. The molecule has 1 N–H and O–H groups in total. The van der Waals surface area contributed by atoms with Gasteiger partial charge in [-0.1, -0.05) is 60.6 Å². The van der Waals surface area contributed by atoms with E-state index in [0.717, 1.165) is 11.1 Å². The van der Waals surface area contributed by atoms with E-state index in [1.807, 2.05) is 0 Å². The second kappa shape index (κ2) is 4.72. The topological polar surface area (TPSA) is 20.2 Å². The molecule has 0 saturated carbocycles. The smallest absolute Gasteiger partial charge is 0.122 e. The van der Waals surface area contributed by atoms with Crippen LogP contribution in [0.2, 0.25) is 0 Å². The van der Waals surface area contributed by atoms with Gasteiger partial charge in [0.1, 0.15) is 5.75 Å². The van der Waals surface area contributed by atoms with Crippen molar-refractivity contribution < 1.29 is 5.11 Å². The van der Waals surface area contributed by atoms with Gasteiger partial charge in [0, 0.05) is 0 Å². The van der Waals surface area contributed by atoms with Crippen molar-refractivity contribution in [1.29, 1.82) is 0 Å². The molecule has 0 unspecified atom stereocenters. The SMILES string of the molecule is CC(C)c1cc(C(C)(C)C)cc(C(C)C)c1O. The van der Waals surface area contributed by atoms with Gasteiger partial charge in [0.25, 0.3) is 0 Å². The highest BCUT2D eigenvalue weighted by Gasteiger charge is 2.20. The van der Waals surface area contributed by atoms with E-state index in [4.69, 9.17) is 0 Å². The highest BCUT2D eigenvalue weighted by atomic mass is 16.3. The molecule has 0 saturated heterocycles. The summed E-state index contributed by atoms with van der Waals surface area (Å²) in [6.45, 7) is 15.2. The predicted octanol–water partition coefficient (Wildman–Crippen LogP) is 4.94. The molecule has 0 bridgehead atoms. The fourth-order valence-corrected chi connectivity index (χ4v) is 1.99. The van der Waals surface area contributed by atoms with Crippen molar-refractivity contribution in [3.8, 4) is 5.75 Å². The maximum atomic E-state index is 10.3. The third-order valence-corrected chi connectivity index (χ3v) is 3.28. The van der Waals surface area contributed by atoms with Crippen molar-refractivity contribution >= 4 is 0 Å². The highest BCUT2D eigenvalue weighted by molar-refractivity contribution is 5.48. The van der Waals surface area contributed by atoms with Crippen LogP contribution in [0.1, 0.15) is 77.0 Å². The van der Waals surface area contributed by atoms with E-state index < -0.39 is 0 Å². The fraction of sp³-hybridized carbons (Fsp3) is 0.625. The van der Waals surface area contributed by atoms with E-state index in [9.17, 15) is 5.11 Å². The van der Waals surface area contributed by atoms with Gasteiger partial charge in [-0.15, -0.1) is 0 Å². The average Bonchev–Trinajstić information content (AvgIpc) is 2.14. The van der Waals surface area contributed by atoms with Crippen molar-refractivity contribution in [2.75, 3.05) is 0 Å². The zero-order valence-electron chi connectivity index (χ0n) is 12.3. The molecule has 0 amide bonds. The highest BCUT2D eigenvalue weighted by Crippen LogP contribution is 2.37. The average molecular weight is 234 g/mol. The molecule has 0 aliphatic rings. The number of aromatic hydroxyl groups is 1. The van der Waals surface area contributed by atoms with Gasteiger partial charge in [-0.05, 0) is 33.9 Å². The van der Waals surface area contributed by atoms with Crippen LogP contribution in [0.4, 0.5) is 0 Å². The Kier molecular flexibility index (Phi) is 3.91. The van der Waals surface area contributed by atoms with Crippen LogP contribution in [-0.2, 0) is 5.41 Å². The summed E-state index contributed by atoms with van der Waals surface area (Å²) in [5.74, 6) is 1.20. The molecular weight excluding hydrogens is 208 g/mol. The summed E-state index contributed by atoms with van der Waals surface area (Å²) in [5.41, 5.74) is 3.58. The Balaban J connectivity index is 3.48. The maximum Gasteiger partial charge on any atom is 0.122 e. The molecular formula is C16H26O. The molecule has 0 heterocycles. The molecule has 17 heavy (non-hydrogen) atoms. The van der Waals surface area contributed by atoms with Gasteiger partial charge in [0.2, 0.25) is 0 Å². The summed E-state index contributed by atoms with van der Waals surface area (Å²) in [6, 6.07) is 4.32. The molecule has 0 atom stereocenters. The molecule has 1 rings (SSSR count). The normalized spacial score (nSPS) is 12.5.